The second kappa shape index (κ2) is 17.2. The summed E-state index contributed by atoms with van der Waals surface area (Å²) in [7, 11) is -3.38. The van der Waals surface area contributed by atoms with Crippen molar-refractivity contribution in [2.24, 2.45) is 0 Å². The molecule has 0 unspecified atom stereocenters. The van der Waals surface area contributed by atoms with E-state index in [0.717, 1.165) is 83.6 Å². The van der Waals surface area contributed by atoms with E-state index < -0.39 is 8.07 Å². The number of nitrogens with zero attached hydrogens (tertiary/aromatic N) is 2. The third kappa shape index (κ3) is 6.90. The Morgan fingerprint density at radius 3 is 1.43 bits per heavy atom. The molecule has 3 heterocycles. The zero-order chi connectivity index (χ0) is 49.5. The van der Waals surface area contributed by atoms with Crippen LogP contribution in [0.2, 0.25) is 0 Å². The fourth-order valence-corrected chi connectivity index (χ4v) is 17.1. The van der Waals surface area contributed by atoms with Gasteiger partial charge in [-0.2, -0.15) is 0 Å². The Hall–Kier alpha value is -9.68. The highest BCUT2D eigenvalue weighted by Crippen LogP contribution is 2.43. The molecule has 0 amide bonds. The normalized spacial score (nSPS) is 12.9. The molecule has 1 aliphatic heterocycles. The van der Waals surface area contributed by atoms with Crippen LogP contribution in [0.25, 0.3) is 76.9 Å². The lowest BCUT2D eigenvalue weighted by atomic mass is 10.0. The number of para-hydroxylation sites is 4. The Labute approximate surface area is 435 Å². The van der Waals surface area contributed by atoms with Gasteiger partial charge in [0.05, 0.1) is 0 Å². The van der Waals surface area contributed by atoms with E-state index in [4.69, 9.17) is 8.83 Å². The average molecular weight is 975 g/mol. The van der Waals surface area contributed by atoms with E-state index in [1.807, 2.05) is 0 Å². The summed E-state index contributed by atoms with van der Waals surface area (Å²) in [4.78, 5) is 4.90. The minimum Gasteiger partial charge on any atom is -0.456 e. The lowest BCUT2D eigenvalue weighted by Crippen LogP contribution is -2.77. The van der Waals surface area contributed by atoms with Crippen molar-refractivity contribution < 1.29 is 8.83 Å². The quantitative estimate of drug-likeness (QED) is 0.142. The molecule has 1 aliphatic rings. The van der Waals surface area contributed by atoms with E-state index in [1.54, 1.807) is 0 Å². The van der Waals surface area contributed by atoms with Crippen molar-refractivity contribution in [2.75, 3.05) is 9.80 Å². The molecular formula is C70H46N2O2Si. The average Bonchev–Trinajstić information content (AvgIpc) is 4.06. The van der Waals surface area contributed by atoms with Crippen molar-refractivity contribution >= 4 is 118 Å². The molecule has 15 rings (SSSR count). The summed E-state index contributed by atoms with van der Waals surface area (Å²) in [6, 6.07) is 102. The zero-order valence-electron chi connectivity index (χ0n) is 40.8. The highest BCUT2D eigenvalue weighted by atomic mass is 28.3. The van der Waals surface area contributed by atoms with E-state index in [1.165, 1.54) is 48.2 Å². The molecule has 0 atom stereocenters. The molecule has 0 saturated heterocycles. The highest BCUT2D eigenvalue weighted by Gasteiger charge is 2.50. The van der Waals surface area contributed by atoms with Gasteiger partial charge in [-0.25, -0.2) is 0 Å². The fourth-order valence-electron chi connectivity index (χ4n) is 12.0. The third-order valence-corrected chi connectivity index (χ3v) is 20.3. The summed E-state index contributed by atoms with van der Waals surface area (Å²) in [6.07, 6.45) is 0. The molecule has 0 spiro atoms. The van der Waals surface area contributed by atoms with Crippen molar-refractivity contribution in [2.45, 2.75) is 0 Å². The first-order chi connectivity index (χ1) is 37.2. The summed E-state index contributed by atoms with van der Waals surface area (Å²) >= 11 is 0. The molecule has 0 N–H and O–H groups in total. The van der Waals surface area contributed by atoms with Crippen LogP contribution >= 0.6 is 0 Å². The molecule has 75 heavy (non-hydrogen) atoms. The first-order valence-electron chi connectivity index (χ1n) is 25.6. The Morgan fingerprint density at radius 1 is 0.293 bits per heavy atom. The van der Waals surface area contributed by atoms with Gasteiger partial charge < -0.3 is 18.6 Å². The molecule has 2 aromatic heterocycles. The minimum absolute atomic E-state index is 0.873. The number of anilines is 6. The molecular weight excluding hydrogens is 929 g/mol. The number of furan rings is 2. The van der Waals surface area contributed by atoms with Crippen LogP contribution in [-0.4, -0.2) is 8.07 Å². The van der Waals surface area contributed by atoms with Crippen LogP contribution in [0.1, 0.15) is 0 Å². The van der Waals surface area contributed by atoms with Crippen LogP contribution in [-0.2, 0) is 0 Å². The van der Waals surface area contributed by atoms with Crippen LogP contribution in [0.4, 0.5) is 34.1 Å². The van der Waals surface area contributed by atoms with Gasteiger partial charge in [0.25, 0.3) is 0 Å². The van der Waals surface area contributed by atoms with Crippen LogP contribution in [0.5, 0.6) is 0 Å². The molecule has 0 bridgehead atoms. The van der Waals surface area contributed by atoms with Crippen LogP contribution < -0.4 is 30.5 Å². The number of hydrogen-bond donors (Lipinski definition) is 0. The molecule has 0 aliphatic carbocycles. The standard InChI is InChI=1S/C70H46N2O2Si/c1-3-15-47(16-4-1)49-29-33-54(34-30-49)71(55-35-31-50(32-36-55)52-28-27-48-17-7-8-18-51(48)43-52)56-37-42-64-70(44-56)75(57-38-40-61-59-21-9-12-24-65(59)73-67(61)45-57,58-39-41-62-60-22-10-13-25-66(60)74-68(62)46-58)69-26-14-11-23-63(69)72(64)53-19-5-2-6-20-53/h1-46H. The first kappa shape index (κ1) is 42.9. The number of benzene rings is 12. The third-order valence-electron chi connectivity index (χ3n) is 15.5. The van der Waals surface area contributed by atoms with Gasteiger partial charge in [-0.1, -0.05) is 188 Å². The van der Waals surface area contributed by atoms with Gasteiger partial charge in [-0.05, 0) is 145 Å². The van der Waals surface area contributed by atoms with Crippen molar-refractivity contribution in [1.82, 2.24) is 0 Å². The summed E-state index contributed by atoms with van der Waals surface area (Å²) < 4.78 is 13.6. The predicted octanol–water partition coefficient (Wildman–Crippen LogP) is 16.6. The number of fused-ring (bicyclic) bond motifs is 9. The Morgan fingerprint density at radius 2 is 0.773 bits per heavy atom. The van der Waals surface area contributed by atoms with E-state index in [9.17, 15) is 0 Å². The fraction of sp³-hybridized carbons (Fsp3) is 0. The van der Waals surface area contributed by atoms with Crippen molar-refractivity contribution in [1.29, 1.82) is 0 Å². The van der Waals surface area contributed by atoms with Gasteiger partial charge in [0.1, 0.15) is 22.3 Å². The summed E-state index contributed by atoms with van der Waals surface area (Å²) in [6.45, 7) is 0. The van der Waals surface area contributed by atoms with E-state index in [2.05, 4.69) is 289 Å². The van der Waals surface area contributed by atoms with Gasteiger partial charge in [0.15, 0.2) is 8.07 Å². The maximum Gasteiger partial charge on any atom is 0.184 e. The van der Waals surface area contributed by atoms with Gasteiger partial charge in [0.2, 0.25) is 0 Å². The monoisotopic (exact) mass is 974 g/mol. The predicted molar refractivity (Wildman–Crippen MR) is 316 cm³/mol. The Bertz CT molecular complexity index is 4370. The lowest BCUT2D eigenvalue weighted by Gasteiger charge is -2.45. The second-order valence-electron chi connectivity index (χ2n) is 19.6. The van der Waals surface area contributed by atoms with Crippen LogP contribution in [0.3, 0.4) is 0 Å². The molecule has 12 aromatic carbocycles. The first-order valence-corrected chi connectivity index (χ1v) is 27.6. The number of hydrogen-bond acceptors (Lipinski definition) is 4. The Balaban J connectivity index is 1.01. The highest BCUT2D eigenvalue weighted by molar-refractivity contribution is 7.21. The summed E-state index contributed by atoms with van der Waals surface area (Å²) in [5.41, 5.74) is 14.8. The molecule has 5 heteroatoms. The topological polar surface area (TPSA) is 32.8 Å². The lowest BCUT2D eigenvalue weighted by molar-refractivity contribution is 0.669. The van der Waals surface area contributed by atoms with Crippen molar-refractivity contribution in [3.63, 3.8) is 0 Å². The molecule has 4 nitrogen and oxygen atoms in total. The minimum atomic E-state index is -3.38. The molecule has 0 fully saturated rings. The van der Waals surface area contributed by atoms with Crippen LogP contribution in [0.15, 0.2) is 288 Å². The van der Waals surface area contributed by atoms with Crippen LogP contribution in [0, 0.1) is 0 Å². The summed E-state index contributed by atoms with van der Waals surface area (Å²) in [5, 5.41) is 11.9. The molecule has 14 aromatic rings. The van der Waals surface area contributed by atoms with E-state index in [0.29, 0.717) is 0 Å². The van der Waals surface area contributed by atoms with Crippen molar-refractivity contribution in [3.05, 3.63) is 279 Å². The van der Waals surface area contributed by atoms with Gasteiger partial charge in [0, 0.05) is 55.7 Å². The van der Waals surface area contributed by atoms with Gasteiger partial charge in [-0.3, -0.25) is 0 Å². The largest absolute Gasteiger partial charge is 0.456 e. The van der Waals surface area contributed by atoms with E-state index >= 15 is 0 Å². The molecule has 352 valence electrons. The maximum absolute atomic E-state index is 6.81. The van der Waals surface area contributed by atoms with Gasteiger partial charge in [-0.15, -0.1) is 0 Å². The smallest absolute Gasteiger partial charge is 0.184 e. The Kier molecular flexibility index (Phi) is 9.87. The molecule has 0 saturated carbocycles. The van der Waals surface area contributed by atoms with E-state index in [-0.39, 0.29) is 0 Å². The zero-order valence-corrected chi connectivity index (χ0v) is 41.8. The molecule has 0 radical (unpaired) electrons. The number of rotatable bonds is 8. The second-order valence-corrected chi connectivity index (χ2v) is 23.3. The van der Waals surface area contributed by atoms with Crippen molar-refractivity contribution in [3.8, 4) is 22.3 Å². The van der Waals surface area contributed by atoms with Gasteiger partial charge >= 0.3 is 0 Å². The summed E-state index contributed by atoms with van der Waals surface area (Å²) in [5.74, 6) is 0. The SMILES string of the molecule is c1ccc(-c2ccc(N(c3ccc(-c4ccc5ccccc5c4)cc3)c3ccc4c(c3)[Si](c3ccc5c(c3)oc3ccccc35)(c3ccc5c(c3)oc3ccccc35)c3ccccc3N4c3ccccc3)cc2)cc1. The maximum atomic E-state index is 6.81.